The van der Waals surface area contributed by atoms with E-state index in [2.05, 4.69) is 9.97 Å². The van der Waals surface area contributed by atoms with Crippen molar-refractivity contribution in [1.82, 2.24) is 14.9 Å². The van der Waals surface area contributed by atoms with Gasteiger partial charge in [0.15, 0.2) is 0 Å². The number of amides is 1. The first-order chi connectivity index (χ1) is 11.8. The molecular weight excluding hydrogens is 333 g/mol. The first kappa shape index (κ1) is 17.2. The number of aromatic nitrogens is 2. The molecule has 0 N–H and O–H groups in total. The minimum Gasteiger partial charge on any atom is -0.353 e. The molecule has 1 aliphatic rings. The van der Waals surface area contributed by atoms with E-state index < -0.39 is 12.1 Å². The zero-order chi connectivity index (χ0) is 18.0. The van der Waals surface area contributed by atoms with Crippen LogP contribution in [0.15, 0.2) is 36.4 Å². The fourth-order valence-corrected chi connectivity index (χ4v) is 2.79. The van der Waals surface area contributed by atoms with E-state index in [1.165, 1.54) is 0 Å². The first-order valence-electron chi connectivity index (χ1n) is 7.87. The summed E-state index contributed by atoms with van der Waals surface area (Å²) >= 11 is 0. The number of hydrogen-bond acceptors (Lipinski definition) is 4. The van der Waals surface area contributed by atoms with Crippen molar-refractivity contribution in [2.45, 2.75) is 13.1 Å². The number of hydrogen-bond donors (Lipinski definition) is 0. The van der Waals surface area contributed by atoms with Gasteiger partial charge < -0.3 is 9.80 Å². The van der Waals surface area contributed by atoms with Crippen LogP contribution in [-0.2, 0) is 4.79 Å². The summed E-state index contributed by atoms with van der Waals surface area (Å²) in [5.41, 5.74) is 1.71. The Kier molecular flexibility index (Phi) is 4.61. The van der Waals surface area contributed by atoms with Gasteiger partial charge in [0.2, 0.25) is 0 Å². The van der Waals surface area contributed by atoms with Gasteiger partial charge in [0, 0.05) is 37.8 Å². The average Bonchev–Trinajstić information content (AvgIpc) is 2.61. The van der Waals surface area contributed by atoms with Gasteiger partial charge in [0.25, 0.3) is 0 Å². The maximum Gasteiger partial charge on any atom is 0.471 e. The van der Waals surface area contributed by atoms with Crippen LogP contribution in [-0.4, -0.2) is 53.1 Å². The molecule has 1 saturated heterocycles. The number of halogens is 3. The maximum absolute atomic E-state index is 12.5. The molecule has 0 aliphatic carbocycles. The lowest BCUT2D eigenvalue weighted by atomic mass is 10.1. The maximum atomic E-state index is 12.5. The summed E-state index contributed by atoms with van der Waals surface area (Å²) in [6.45, 7) is 2.41. The molecule has 0 spiro atoms. The Hall–Kier alpha value is -2.64. The molecule has 2 heterocycles. The zero-order valence-corrected chi connectivity index (χ0v) is 13.6. The van der Waals surface area contributed by atoms with Crippen molar-refractivity contribution in [3.63, 3.8) is 0 Å². The average molecular weight is 350 g/mol. The molecule has 2 aromatic rings. The normalized spacial score (nSPS) is 15.4. The second kappa shape index (κ2) is 6.70. The van der Waals surface area contributed by atoms with Gasteiger partial charge in [-0.25, -0.2) is 9.97 Å². The van der Waals surface area contributed by atoms with Gasteiger partial charge in [0.1, 0.15) is 11.6 Å². The van der Waals surface area contributed by atoms with Crippen LogP contribution in [0.3, 0.4) is 0 Å². The molecular formula is C17H17F3N4O. The number of alkyl halides is 3. The molecule has 1 aromatic carbocycles. The van der Waals surface area contributed by atoms with E-state index in [0.717, 1.165) is 16.2 Å². The minimum atomic E-state index is -4.83. The lowest BCUT2D eigenvalue weighted by Crippen LogP contribution is -2.52. The monoisotopic (exact) mass is 350 g/mol. The number of anilines is 1. The van der Waals surface area contributed by atoms with Crippen LogP contribution in [0.4, 0.5) is 19.0 Å². The number of carbonyl (C=O) groups excluding carboxylic acids is 1. The smallest absolute Gasteiger partial charge is 0.353 e. The van der Waals surface area contributed by atoms with Crippen molar-refractivity contribution in [3.05, 3.63) is 42.2 Å². The molecule has 25 heavy (non-hydrogen) atoms. The molecule has 0 bridgehead atoms. The Morgan fingerprint density at radius 1 is 1.04 bits per heavy atom. The van der Waals surface area contributed by atoms with Gasteiger partial charge >= 0.3 is 12.1 Å². The summed E-state index contributed by atoms with van der Waals surface area (Å²) < 4.78 is 37.6. The van der Waals surface area contributed by atoms with Crippen LogP contribution in [0.1, 0.15) is 5.82 Å². The quantitative estimate of drug-likeness (QED) is 0.836. The highest BCUT2D eigenvalue weighted by atomic mass is 19.4. The molecule has 0 radical (unpaired) electrons. The standard InChI is InChI=1S/C17H17F3N4O/c1-12-21-14(13-5-3-2-4-6-13)11-15(22-12)23-7-9-24(10-8-23)16(25)17(18,19)20/h2-6,11H,7-10H2,1H3. The Bertz CT molecular complexity index is 756. The zero-order valence-electron chi connectivity index (χ0n) is 13.6. The topological polar surface area (TPSA) is 49.3 Å². The number of rotatable bonds is 2. The van der Waals surface area contributed by atoms with E-state index in [4.69, 9.17) is 0 Å². The predicted molar refractivity (Wildman–Crippen MR) is 87.1 cm³/mol. The molecule has 0 atom stereocenters. The predicted octanol–water partition coefficient (Wildman–Crippen LogP) is 2.66. The summed E-state index contributed by atoms with van der Waals surface area (Å²) in [5, 5.41) is 0. The SMILES string of the molecule is Cc1nc(-c2ccccc2)cc(N2CCN(C(=O)C(F)(F)F)CC2)n1. The molecule has 8 heteroatoms. The molecule has 1 aliphatic heterocycles. The lowest BCUT2D eigenvalue weighted by Gasteiger charge is -2.35. The summed E-state index contributed by atoms with van der Waals surface area (Å²) in [4.78, 5) is 22.8. The Morgan fingerprint density at radius 2 is 1.68 bits per heavy atom. The van der Waals surface area contributed by atoms with Crippen LogP contribution in [0, 0.1) is 6.92 Å². The summed E-state index contributed by atoms with van der Waals surface area (Å²) in [5.74, 6) is -0.536. The fraction of sp³-hybridized carbons (Fsp3) is 0.353. The molecule has 1 fully saturated rings. The molecule has 3 rings (SSSR count). The highest BCUT2D eigenvalue weighted by Crippen LogP contribution is 2.24. The van der Waals surface area contributed by atoms with Crippen molar-refractivity contribution in [3.8, 4) is 11.3 Å². The van der Waals surface area contributed by atoms with Crippen molar-refractivity contribution in [2.75, 3.05) is 31.1 Å². The van der Waals surface area contributed by atoms with Crippen LogP contribution in [0.5, 0.6) is 0 Å². The van der Waals surface area contributed by atoms with E-state index >= 15 is 0 Å². The molecule has 0 unspecified atom stereocenters. The third-order valence-electron chi connectivity index (χ3n) is 4.03. The van der Waals surface area contributed by atoms with Gasteiger partial charge in [-0.2, -0.15) is 13.2 Å². The Labute approximate surface area is 143 Å². The number of aryl methyl sites for hydroxylation is 1. The number of benzene rings is 1. The van der Waals surface area contributed by atoms with E-state index in [1.54, 1.807) is 6.92 Å². The van der Waals surface area contributed by atoms with E-state index in [9.17, 15) is 18.0 Å². The van der Waals surface area contributed by atoms with Crippen LogP contribution >= 0.6 is 0 Å². The lowest BCUT2D eigenvalue weighted by molar-refractivity contribution is -0.185. The number of carbonyl (C=O) groups is 1. The molecule has 5 nitrogen and oxygen atoms in total. The van der Waals surface area contributed by atoms with Gasteiger partial charge in [-0.1, -0.05) is 30.3 Å². The van der Waals surface area contributed by atoms with E-state index in [1.807, 2.05) is 41.3 Å². The Morgan fingerprint density at radius 3 is 2.28 bits per heavy atom. The molecule has 1 amide bonds. The highest BCUT2D eigenvalue weighted by molar-refractivity contribution is 5.82. The summed E-state index contributed by atoms with van der Waals surface area (Å²) in [6, 6.07) is 11.4. The second-order valence-corrected chi connectivity index (χ2v) is 5.80. The third-order valence-corrected chi connectivity index (χ3v) is 4.03. The van der Waals surface area contributed by atoms with Crippen molar-refractivity contribution in [2.24, 2.45) is 0 Å². The van der Waals surface area contributed by atoms with Gasteiger partial charge in [-0.05, 0) is 6.92 Å². The Balaban J connectivity index is 1.76. The molecule has 1 aromatic heterocycles. The van der Waals surface area contributed by atoms with Gasteiger partial charge in [-0.15, -0.1) is 0 Å². The molecule has 0 saturated carbocycles. The minimum absolute atomic E-state index is 0.0159. The van der Waals surface area contributed by atoms with Crippen LogP contribution < -0.4 is 4.90 Å². The second-order valence-electron chi connectivity index (χ2n) is 5.80. The largest absolute Gasteiger partial charge is 0.471 e. The number of nitrogens with zero attached hydrogens (tertiary/aromatic N) is 4. The van der Waals surface area contributed by atoms with E-state index in [0.29, 0.717) is 24.7 Å². The van der Waals surface area contributed by atoms with Gasteiger partial charge in [-0.3, -0.25) is 4.79 Å². The number of piperazine rings is 1. The highest BCUT2D eigenvalue weighted by Gasteiger charge is 2.43. The summed E-state index contributed by atoms with van der Waals surface area (Å²) in [7, 11) is 0. The third kappa shape index (κ3) is 3.89. The molecule has 132 valence electrons. The van der Waals surface area contributed by atoms with Crippen molar-refractivity contribution in [1.29, 1.82) is 0 Å². The van der Waals surface area contributed by atoms with Crippen LogP contribution in [0.2, 0.25) is 0 Å². The first-order valence-corrected chi connectivity index (χ1v) is 7.87. The van der Waals surface area contributed by atoms with Crippen LogP contribution in [0.25, 0.3) is 11.3 Å². The van der Waals surface area contributed by atoms with Gasteiger partial charge in [0.05, 0.1) is 5.69 Å². The van der Waals surface area contributed by atoms with E-state index in [-0.39, 0.29) is 13.1 Å². The van der Waals surface area contributed by atoms with Crippen molar-refractivity contribution < 1.29 is 18.0 Å². The fourth-order valence-electron chi connectivity index (χ4n) is 2.79. The summed E-state index contributed by atoms with van der Waals surface area (Å²) in [6.07, 6.45) is -4.83. The van der Waals surface area contributed by atoms with Crippen molar-refractivity contribution >= 4 is 11.7 Å².